The maximum Gasteiger partial charge on any atom is 0.174 e. The number of benzene rings is 2. The van der Waals surface area contributed by atoms with E-state index >= 15 is 0 Å². The van der Waals surface area contributed by atoms with Crippen LogP contribution < -0.4 is 10.2 Å². The van der Waals surface area contributed by atoms with E-state index in [0.717, 1.165) is 22.9 Å². The van der Waals surface area contributed by atoms with Crippen molar-refractivity contribution >= 4 is 23.0 Å². The normalized spacial score (nSPS) is 17.6. The van der Waals surface area contributed by atoms with E-state index in [1.807, 2.05) is 18.3 Å². The Hall–Kier alpha value is -3.44. The van der Waals surface area contributed by atoms with Crippen LogP contribution in [0.4, 0.5) is 5.69 Å². The van der Waals surface area contributed by atoms with E-state index < -0.39 is 0 Å². The molecule has 0 unspecified atom stereocenters. The van der Waals surface area contributed by atoms with Crippen LogP contribution in [0.1, 0.15) is 58.3 Å². The molecule has 0 saturated carbocycles. The topological polar surface area (TPSA) is 33.1 Å². The molecule has 4 aromatic rings. The maximum atomic E-state index is 5.93. The van der Waals surface area contributed by atoms with Crippen LogP contribution in [0.15, 0.2) is 72.9 Å². The Morgan fingerprint density at radius 2 is 1.71 bits per heavy atom. The summed E-state index contributed by atoms with van der Waals surface area (Å²) in [6, 6.07) is 23.7. The third-order valence-corrected chi connectivity index (χ3v) is 7.43. The van der Waals surface area contributed by atoms with Gasteiger partial charge in [-0.25, -0.2) is 0 Å². The smallest absolute Gasteiger partial charge is 0.174 e. The molecule has 2 atom stereocenters. The lowest BCUT2D eigenvalue weighted by Gasteiger charge is -2.28. The SMILES string of the molecule is CCc1ccc(N2C(=S)N[C@H](c3ccccn3)[C@H]2c2cc(C)n(-c3cc(C)ccc3C)c2C)cc1. The van der Waals surface area contributed by atoms with Crippen molar-refractivity contribution in [1.29, 1.82) is 0 Å². The first kappa shape index (κ1) is 23.3. The molecule has 1 N–H and O–H groups in total. The van der Waals surface area contributed by atoms with Crippen molar-refractivity contribution in [3.8, 4) is 5.69 Å². The van der Waals surface area contributed by atoms with Gasteiger partial charge in [-0.05, 0) is 105 Å². The molecule has 5 rings (SSSR count). The minimum absolute atomic E-state index is 0.0186. The van der Waals surface area contributed by atoms with Gasteiger partial charge in [0.15, 0.2) is 5.11 Å². The summed E-state index contributed by atoms with van der Waals surface area (Å²) in [6.45, 7) is 10.9. The summed E-state index contributed by atoms with van der Waals surface area (Å²) in [5.74, 6) is 0. The van der Waals surface area contributed by atoms with Crippen LogP contribution in [-0.2, 0) is 6.42 Å². The minimum Gasteiger partial charge on any atom is -0.351 e. The van der Waals surface area contributed by atoms with Gasteiger partial charge in [0.2, 0.25) is 0 Å². The fraction of sp³-hybridized carbons (Fsp3) is 0.267. The first-order valence-electron chi connectivity index (χ1n) is 12.2. The van der Waals surface area contributed by atoms with Gasteiger partial charge < -0.3 is 14.8 Å². The van der Waals surface area contributed by atoms with Gasteiger partial charge in [-0.15, -0.1) is 0 Å². The molecule has 2 aromatic heterocycles. The van der Waals surface area contributed by atoms with Crippen LogP contribution >= 0.6 is 12.2 Å². The highest BCUT2D eigenvalue weighted by Crippen LogP contribution is 2.44. The lowest BCUT2D eigenvalue weighted by atomic mass is 9.96. The second-order valence-corrected chi connectivity index (χ2v) is 9.86. The summed E-state index contributed by atoms with van der Waals surface area (Å²) in [7, 11) is 0. The Kier molecular flexibility index (Phi) is 6.20. The maximum absolute atomic E-state index is 5.93. The van der Waals surface area contributed by atoms with Gasteiger partial charge in [0.25, 0.3) is 0 Å². The van der Waals surface area contributed by atoms with Gasteiger partial charge in [-0.1, -0.05) is 37.3 Å². The highest BCUT2D eigenvalue weighted by molar-refractivity contribution is 7.80. The van der Waals surface area contributed by atoms with E-state index in [1.165, 1.54) is 39.3 Å². The predicted molar refractivity (Wildman–Crippen MR) is 148 cm³/mol. The molecule has 35 heavy (non-hydrogen) atoms. The number of aromatic nitrogens is 2. The van der Waals surface area contributed by atoms with Crippen LogP contribution in [0.3, 0.4) is 0 Å². The Morgan fingerprint density at radius 1 is 0.943 bits per heavy atom. The van der Waals surface area contributed by atoms with E-state index in [-0.39, 0.29) is 12.1 Å². The Balaban J connectivity index is 1.68. The number of hydrogen-bond acceptors (Lipinski definition) is 2. The van der Waals surface area contributed by atoms with E-state index in [0.29, 0.717) is 0 Å². The van der Waals surface area contributed by atoms with Crippen molar-refractivity contribution in [2.45, 2.75) is 53.1 Å². The Morgan fingerprint density at radius 3 is 2.40 bits per heavy atom. The van der Waals surface area contributed by atoms with E-state index in [4.69, 9.17) is 17.2 Å². The van der Waals surface area contributed by atoms with Gasteiger partial charge in [0, 0.05) is 29.0 Å². The van der Waals surface area contributed by atoms with Gasteiger partial charge in [-0.3, -0.25) is 4.98 Å². The molecule has 0 bridgehead atoms. The Labute approximate surface area is 213 Å². The molecular formula is C30H32N4S. The molecule has 0 aliphatic carbocycles. The van der Waals surface area contributed by atoms with Crippen LogP contribution in [0.2, 0.25) is 0 Å². The molecule has 3 heterocycles. The highest BCUT2D eigenvalue weighted by Gasteiger charge is 2.42. The molecule has 1 aliphatic rings. The van der Waals surface area contributed by atoms with Gasteiger partial charge in [-0.2, -0.15) is 0 Å². The molecule has 1 fully saturated rings. The summed E-state index contributed by atoms with van der Waals surface area (Å²) in [4.78, 5) is 6.98. The van der Waals surface area contributed by atoms with Crippen LogP contribution in [0.5, 0.6) is 0 Å². The molecule has 4 nitrogen and oxygen atoms in total. The number of hydrogen-bond donors (Lipinski definition) is 1. The zero-order chi connectivity index (χ0) is 24.7. The molecule has 1 aliphatic heterocycles. The molecule has 5 heteroatoms. The van der Waals surface area contributed by atoms with Crippen LogP contribution in [0.25, 0.3) is 5.69 Å². The second-order valence-electron chi connectivity index (χ2n) is 9.47. The van der Waals surface area contributed by atoms with Crippen molar-refractivity contribution < 1.29 is 0 Å². The number of pyridine rings is 1. The van der Waals surface area contributed by atoms with Crippen molar-refractivity contribution in [2.24, 2.45) is 0 Å². The minimum atomic E-state index is -0.0536. The van der Waals surface area contributed by atoms with Crippen LogP contribution in [0, 0.1) is 27.7 Å². The molecule has 2 aromatic carbocycles. The van der Waals surface area contributed by atoms with E-state index in [9.17, 15) is 0 Å². The lowest BCUT2D eigenvalue weighted by molar-refractivity contribution is 0.565. The predicted octanol–water partition coefficient (Wildman–Crippen LogP) is 6.85. The third-order valence-electron chi connectivity index (χ3n) is 7.12. The number of anilines is 1. The molecule has 178 valence electrons. The lowest BCUT2D eigenvalue weighted by Crippen LogP contribution is -2.29. The fourth-order valence-electron chi connectivity index (χ4n) is 5.26. The third kappa shape index (κ3) is 4.14. The van der Waals surface area contributed by atoms with E-state index in [1.54, 1.807) is 0 Å². The standard InChI is InChI=1S/C30H32N4S/c1-6-23-12-14-24(15-13-23)34-29(28(32-30(34)35)26-9-7-8-16-31-26)25-18-21(4)33(22(25)5)27-17-19(2)10-11-20(27)3/h7-18,28-29H,6H2,1-5H3,(H,32,35)/t28-,29-/m1/s1. The van der Waals surface area contributed by atoms with E-state index in [2.05, 4.69) is 104 Å². The monoisotopic (exact) mass is 480 g/mol. The number of aryl methyl sites for hydroxylation is 4. The average molecular weight is 481 g/mol. The fourth-order valence-corrected chi connectivity index (χ4v) is 5.61. The van der Waals surface area contributed by atoms with Crippen molar-refractivity contribution in [2.75, 3.05) is 4.90 Å². The summed E-state index contributed by atoms with van der Waals surface area (Å²) in [6.07, 6.45) is 2.87. The van der Waals surface area contributed by atoms with Crippen LogP contribution in [-0.4, -0.2) is 14.7 Å². The summed E-state index contributed by atoms with van der Waals surface area (Å²) in [5, 5.41) is 4.33. The van der Waals surface area contributed by atoms with Gasteiger partial charge >= 0.3 is 0 Å². The summed E-state index contributed by atoms with van der Waals surface area (Å²) in [5.41, 5.74) is 10.8. The molecule has 0 amide bonds. The summed E-state index contributed by atoms with van der Waals surface area (Å²) < 4.78 is 2.38. The average Bonchev–Trinajstić information content (AvgIpc) is 3.36. The van der Waals surface area contributed by atoms with Crippen molar-refractivity contribution in [3.05, 3.63) is 112 Å². The van der Waals surface area contributed by atoms with Crippen molar-refractivity contribution in [3.63, 3.8) is 0 Å². The number of nitrogens with zero attached hydrogens (tertiary/aromatic N) is 3. The molecule has 0 radical (unpaired) electrons. The summed E-state index contributed by atoms with van der Waals surface area (Å²) >= 11 is 5.93. The molecular weight excluding hydrogens is 448 g/mol. The number of thiocarbonyl (C=S) groups is 1. The van der Waals surface area contributed by atoms with Gasteiger partial charge in [0.05, 0.1) is 17.8 Å². The van der Waals surface area contributed by atoms with Crippen molar-refractivity contribution in [1.82, 2.24) is 14.9 Å². The molecule has 0 spiro atoms. The zero-order valence-corrected chi connectivity index (χ0v) is 21.9. The quantitative estimate of drug-likeness (QED) is 0.317. The first-order chi connectivity index (χ1) is 16.9. The Bertz CT molecular complexity index is 1370. The largest absolute Gasteiger partial charge is 0.351 e. The van der Waals surface area contributed by atoms with Gasteiger partial charge in [0.1, 0.15) is 0 Å². The first-order valence-corrected chi connectivity index (χ1v) is 12.7. The second kappa shape index (κ2) is 9.31. The zero-order valence-electron chi connectivity index (χ0n) is 21.0. The molecule has 1 saturated heterocycles. The highest BCUT2D eigenvalue weighted by atomic mass is 32.1. The number of rotatable bonds is 5. The number of nitrogens with one attached hydrogen (secondary N) is 1.